The number of carbonyl (C=O) groups excluding carboxylic acids is 1. The van der Waals surface area contributed by atoms with Crippen molar-refractivity contribution in [1.29, 1.82) is 0 Å². The second kappa shape index (κ2) is 4.69. The predicted octanol–water partition coefficient (Wildman–Crippen LogP) is 2.05. The smallest absolute Gasteiger partial charge is 0.315 e. The van der Waals surface area contributed by atoms with Gasteiger partial charge in [0.15, 0.2) is 0 Å². The van der Waals surface area contributed by atoms with Crippen LogP contribution in [0, 0.1) is 0 Å². The van der Waals surface area contributed by atoms with Crippen LogP contribution in [0.4, 0.5) is 4.79 Å². The summed E-state index contributed by atoms with van der Waals surface area (Å²) in [5.41, 5.74) is 0.962. The minimum atomic E-state index is -0.159. The number of furan rings is 1. The van der Waals surface area contributed by atoms with E-state index in [0.29, 0.717) is 0 Å². The van der Waals surface area contributed by atoms with Crippen molar-refractivity contribution in [3.05, 3.63) is 24.2 Å². The Morgan fingerprint density at radius 3 is 2.57 bits per heavy atom. The number of amides is 2. The highest BCUT2D eigenvalue weighted by atomic mass is 16.3. The summed E-state index contributed by atoms with van der Waals surface area (Å²) in [6.07, 6.45) is 3.22. The highest BCUT2D eigenvalue weighted by molar-refractivity contribution is 5.74. The third-order valence-electron chi connectivity index (χ3n) is 1.81. The fourth-order valence-corrected chi connectivity index (χ4v) is 1.11. The zero-order valence-corrected chi connectivity index (χ0v) is 8.70. The van der Waals surface area contributed by atoms with Crippen molar-refractivity contribution in [2.24, 2.45) is 0 Å². The zero-order chi connectivity index (χ0) is 10.6. The Kier molecular flexibility index (Phi) is 3.56. The Hall–Kier alpha value is -1.45. The molecule has 4 heteroatoms. The summed E-state index contributed by atoms with van der Waals surface area (Å²) in [4.78, 5) is 11.3. The zero-order valence-electron chi connectivity index (χ0n) is 8.70. The fraction of sp³-hybridized carbons (Fsp3) is 0.500. The molecule has 0 aliphatic heterocycles. The van der Waals surface area contributed by atoms with E-state index < -0.39 is 0 Å². The second-order valence-electron chi connectivity index (χ2n) is 3.55. The number of carbonyl (C=O) groups is 1. The third-order valence-corrected chi connectivity index (χ3v) is 1.81. The van der Waals surface area contributed by atoms with Crippen LogP contribution in [0.1, 0.15) is 32.4 Å². The largest absolute Gasteiger partial charge is 0.472 e. The van der Waals surface area contributed by atoms with E-state index in [-0.39, 0.29) is 18.1 Å². The summed E-state index contributed by atoms with van der Waals surface area (Å²) in [5, 5.41) is 5.56. The summed E-state index contributed by atoms with van der Waals surface area (Å²) in [6, 6.07) is 1.79. The Labute approximate surface area is 83.7 Å². The Balaban J connectivity index is 2.41. The maximum absolute atomic E-state index is 11.3. The molecule has 4 nitrogen and oxygen atoms in total. The van der Waals surface area contributed by atoms with Gasteiger partial charge in [-0.25, -0.2) is 4.79 Å². The van der Waals surface area contributed by atoms with Gasteiger partial charge in [-0.1, -0.05) is 0 Å². The minimum absolute atomic E-state index is 0.0347. The summed E-state index contributed by atoms with van der Waals surface area (Å²) >= 11 is 0. The molecule has 0 aliphatic carbocycles. The van der Waals surface area contributed by atoms with Gasteiger partial charge in [0.25, 0.3) is 0 Å². The monoisotopic (exact) mass is 196 g/mol. The van der Waals surface area contributed by atoms with Crippen LogP contribution < -0.4 is 10.6 Å². The van der Waals surface area contributed by atoms with E-state index in [1.54, 1.807) is 12.5 Å². The minimum Gasteiger partial charge on any atom is -0.472 e. The molecule has 2 N–H and O–H groups in total. The molecule has 0 spiro atoms. The van der Waals surface area contributed by atoms with Crippen molar-refractivity contribution in [3.63, 3.8) is 0 Å². The van der Waals surface area contributed by atoms with Gasteiger partial charge in [-0.3, -0.25) is 0 Å². The van der Waals surface area contributed by atoms with Crippen LogP contribution in [-0.2, 0) is 0 Å². The molecule has 0 aliphatic rings. The summed E-state index contributed by atoms with van der Waals surface area (Å²) < 4.78 is 4.93. The van der Waals surface area contributed by atoms with Gasteiger partial charge in [-0.2, -0.15) is 0 Å². The van der Waals surface area contributed by atoms with Crippen molar-refractivity contribution >= 4 is 6.03 Å². The maximum atomic E-state index is 11.3. The molecule has 14 heavy (non-hydrogen) atoms. The van der Waals surface area contributed by atoms with Crippen molar-refractivity contribution in [3.8, 4) is 0 Å². The van der Waals surface area contributed by atoms with Gasteiger partial charge in [0, 0.05) is 11.6 Å². The summed E-state index contributed by atoms with van der Waals surface area (Å²) in [7, 11) is 0. The van der Waals surface area contributed by atoms with E-state index in [2.05, 4.69) is 10.6 Å². The lowest BCUT2D eigenvalue weighted by Gasteiger charge is -2.14. The number of urea groups is 1. The molecule has 0 saturated carbocycles. The quantitative estimate of drug-likeness (QED) is 0.777. The van der Waals surface area contributed by atoms with E-state index >= 15 is 0 Å². The lowest BCUT2D eigenvalue weighted by molar-refractivity contribution is 0.235. The number of rotatable bonds is 3. The molecular formula is C10H16N2O2. The Bertz CT molecular complexity index is 280. The van der Waals surface area contributed by atoms with Crippen LogP contribution in [-0.4, -0.2) is 12.1 Å². The molecule has 1 aromatic rings. The molecule has 0 saturated heterocycles. The Morgan fingerprint density at radius 1 is 1.36 bits per heavy atom. The molecule has 1 rings (SSSR count). The van der Waals surface area contributed by atoms with E-state index in [1.165, 1.54) is 0 Å². The van der Waals surface area contributed by atoms with E-state index in [1.807, 2.05) is 26.8 Å². The molecular weight excluding hydrogens is 180 g/mol. The van der Waals surface area contributed by atoms with Crippen molar-refractivity contribution in [2.45, 2.75) is 32.9 Å². The first-order valence-electron chi connectivity index (χ1n) is 4.68. The SMILES string of the molecule is CC(C)NC(=O)NC(C)c1ccoc1. The third kappa shape index (κ3) is 3.12. The lowest BCUT2D eigenvalue weighted by atomic mass is 10.2. The van der Waals surface area contributed by atoms with Crippen LogP contribution in [0.25, 0.3) is 0 Å². The van der Waals surface area contributed by atoms with Crippen LogP contribution >= 0.6 is 0 Å². The lowest BCUT2D eigenvalue weighted by Crippen LogP contribution is -2.40. The first-order valence-corrected chi connectivity index (χ1v) is 4.68. The topological polar surface area (TPSA) is 54.3 Å². The van der Waals surface area contributed by atoms with Crippen molar-refractivity contribution in [1.82, 2.24) is 10.6 Å². The normalized spacial score (nSPS) is 12.6. The van der Waals surface area contributed by atoms with Crippen LogP contribution in [0.5, 0.6) is 0 Å². The van der Waals surface area contributed by atoms with E-state index in [4.69, 9.17) is 4.42 Å². The molecule has 0 aromatic carbocycles. The fourth-order valence-electron chi connectivity index (χ4n) is 1.11. The number of hydrogen-bond acceptors (Lipinski definition) is 2. The summed E-state index contributed by atoms with van der Waals surface area (Å²) in [5.74, 6) is 0. The van der Waals surface area contributed by atoms with Gasteiger partial charge < -0.3 is 15.1 Å². The van der Waals surface area contributed by atoms with Crippen LogP contribution in [0.15, 0.2) is 23.0 Å². The molecule has 1 heterocycles. The molecule has 0 bridgehead atoms. The summed E-state index contributed by atoms with van der Waals surface area (Å²) in [6.45, 7) is 5.74. The first-order chi connectivity index (χ1) is 6.59. The van der Waals surface area contributed by atoms with Gasteiger partial charge in [-0.05, 0) is 26.8 Å². The van der Waals surface area contributed by atoms with Gasteiger partial charge >= 0.3 is 6.03 Å². The van der Waals surface area contributed by atoms with Gasteiger partial charge in [-0.15, -0.1) is 0 Å². The Morgan fingerprint density at radius 2 is 2.07 bits per heavy atom. The standard InChI is InChI=1S/C10H16N2O2/c1-7(2)11-10(13)12-8(3)9-4-5-14-6-9/h4-8H,1-3H3,(H2,11,12,13). The second-order valence-corrected chi connectivity index (χ2v) is 3.55. The maximum Gasteiger partial charge on any atom is 0.315 e. The predicted molar refractivity (Wildman–Crippen MR) is 53.9 cm³/mol. The van der Waals surface area contributed by atoms with Crippen LogP contribution in [0.2, 0.25) is 0 Å². The molecule has 2 amide bonds. The van der Waals surface area contributed by atoms with Crippen molar-refractivity contribution in [2.75, 3.05) is 0 Å². The van der Waals surface area contributed by atoms with E-state index in [9.17, 15) is 4.79 Å². The molecule has 78 valence electrons. The first kappa shape index (κ1) is 10.6. The molecule has 0 radical (unpaired) electrons. The molecule has 1 unspecified atom stereocenters. The van der Waals surface area contributed by atoms with E-state index in [0.717, 1.165) is 5.56 Å². The van der Waals surface area contributed by atoms with Gasteiger partial charge in [0.1, 0.15) is 0 Å². The number of hydrogen-bond donors (Lipinski definition) is 2. The average Bonchev–Trinajstić information content (AvgIpc) is 2.53. The van der Waals surface area contributed by atoms with Crippen molar-refractivity contribution < 1.29 is 9.21 Å². The van der Waals surface area contributed by atoms with Gasteiger partial charge in [0.05, 0.1) is 18.6 Å². The highest BCUT2D eigenvalue weighted by Gasteiger charge is 2.10. The number of nitrogens with one attached hydrogen (secondary N) is 2. The van der Waals surface area contributed by atoms with Crippen LogP contribution in [0.3, 0.4) is 0 Å². The average molecular weight is 196 g/mol. The highest BCUT2D eigenvalue weighted by Crippen LogP contribution is 2.11. The molecule has 1 atom stereocenters. The molecule has 1 aromatic heterocycles. The molecule has 0 fully saturated rings. The van der Waals surface area contributed by atoms with Gasteiger partial charge in [0.2, 0.25) is 0 Å².